The van der Waals surface area contributed by atoms with Gasteiger partial charge in [-0.3, -0.25) is 9.59 Å². The molecule has 10 heteroatoms. The zero-order valence-corrected chi connectivity index (χ0v) is 16.9. The number of hydrogen-bond acceptors (Lipinski definition) is 4. The van der Waals surface area contributed by atoms with E-state index in [4.69, 9.17) is 5.73 Å². The second kappa shape index (κ2) is 8.64. The summed E-state index contributed by atoms with van der Waals surface area (Å²) in [4.78, 5) is 30.0. The van der Waals surface area contributed by atoms with Crippen LogP contribution in [0.2, 0.25) is 0 Å². The van der Waals surface area contributed by atoms with Crippen LogP contribution in [0.15, 0.2) is 23.4 Å². The summed E-state index contributed by atoms with van der Waals surface area (Å²) in [5.41, 5.74) is 5.51. The summed E-state index contributed by atoms with van der Waals surface area (Å²) in [6.07, 6.45) is -2.31. The van der Waals surface area contributed by atoms with Crippen molar-refractivity contribution in [2.75, 3.05) is 18.8 Å². The molecule has 29 heavy (non-hydrogen) atoms. The van der Waals surface area contributed by atoms with Gasteiger partial charge in [0.25, 0.3) is 0 Å². The van der Waals surface area contributed by atoms with E-state index in [1.165, 1.54) is 17.8 Å². The second-order valence-corrected chi connectivity index (χ2v) is 8.06. The maximum Gasteiger partial charge on any atom is 0.416 e. The minimum Gasteiger partial charge on any atom is -0.369 e. The molecule has 2 heterocycles. The summed E-state index contributed by atoms with van der Waals surface area (Å²) < 4.78 is 40.9. The quantitative estimate of drug-likeness (QED) is 0.716. The van der Waals surface area contributed by atoms with E-state index >= 15 is 0 Å². The number of nitrogens with zero attached hydrogens (tertiary/aromatic N) is 3. The number of piperidine rings is 1. The third-order valence-corrected chi connectivity index (χ3v) is 5.95. The minimum absolute atomic E-state index is 0.102. The summed E-state index contributed by atoms with van der Waals surface area (Å²) in [6.45, 7) is 3.32. The maximum atomic E-state index is 13.1. The van der Waals surface area contributed by atoms with Gasteiger partial charge in [0.1, 0.15) is 0 Å². The van der Waals surface area contributed by atoms with Crippen molar-refractivity contribution in [2.45, 2.75) is 44.1 Å². The number of aromatic nitrogens is 2. The fourth-order valence-corrected chi connectivity index (χ4v) is 4.42. The van der Waals surface area contributed by atoms with E-state index in [-0.39, 0.29) is 17.6 Å². The van der Waals surface area contributed by atoms with Gasteiger partial charge >= 0.3 is 6.18 Å². The summed E-state index contributed by atoms with van der Waals surface area (Å²) in [5.74, 6) is -0.763. The number of likely N-dealkylation sites (tertiary alicyclic amines) is 1. The molecule has 0 radical (unpaired) electrons. The van der Waals surface area contributed by atoms with Crippen LogP contribution in [0, 0.1) is 5.92 Å². The molecule has 1 aromatic carbocycles. The molecule has 2 amide bonds. The Morgan fingerprint density at radius 1 is 1.34 bits per heavy atom. The molecule has 6 nitrogen and oxygen atoms in total. The van der Waals surface area contributed by atoms with E-state index in [0.717, 1.165) is 25.0 Å². The van der Waals surface area contributed by atoms with E-state index in [2.05, 4.69) is 4.98 Å². The topological polar surface area (TPSA) is 81.2 Å². The van der Waals surface area contributed by atoms with Crippen molar-refractivity contribution in [3.05, 3.63) is 23.8 Å². The molecule has 2 aromatic rings. The number of amides is 2. The van der Waals surface area contributed by atoms with Crippen LogP contribution in [0.1, 0.15) is 31.7 Å². The lowest BCUT2D eigenvalue weighted by molar-refractivity contribution is -0.137. The summed E-state index contributed by atoms with van der Waals surface area (Å²) in [5, 5.41) is 0.512. The Morgan fingerprint density at radius 2 is 2.10 bits per heavy atom. The molecule has 1 saturated heterocycles. The van der Waals surface area contributed by atoms with Gasteiger partial charge in [0.05, 0.1) is 28.3 Å². The van der Waals surface area contributed by atoms with Gasteiger partial charge < -0.3 is 15.2 Å². The van der Waals surface area contributed by atoms with Crippen LogP contribution in [0.4, 0.5) is 13.2 Å². The normalized spacial score (nSPS) is 17.7. The summed E-state index contributed by atoms with van der Waals surface area (Å²) in [6, 6.07) is 3.48. The number of carbonyl (C=O) groups excluding carboxylic acids is 2. The van der Waals surface area contributed by atoms with Crippen LogP contribution in [0.25, 0.3) is 11.0 Å². The third kappa shape index (κ3) is 4.85. The molecule has 0 saturated carbocycles. The van der Waals surface area contributed by atoms with Crippen molar-refractivity contribution in [2.24, 2.45) is 11.7 Å². The number of halogens is 3. The van der Waals surface area contributed by atoms with Crippen molar-refractivity contribution < 1.29 is 22.8 Å². The lowest BCUT2D eigenvalue weighted by Gasteiger charge is -2.31. The number of imidazole rings is 1. The van der Waals surface area contributed by atoms with Crippen LogP contribution >= 0.6 is 11.8 Å². The second-order valence-electron chi connectivity index (χ2n) is 7.12. The van der Waals surface area contributed by atoms with Crippen molar-refractivity contribution in [1.82, 2.24) is 14.5 Å². The molecular formula is C19H23F3N4O2S. The number of benzene rings is 1. The smallest absolute Gasteiger partial charge is 0.369 e. The predicted molar refractivity (Wildman–Crippen MR) is 104 cm³/mol. The Bertz CT molecular complexity index is 913. The van der Waals surface area contributed by atoms with Gasteiger partial charge in [-0.2, -0.15) is 13.2 Å². The number of fused-ring (bicyclic) bond motifs is 1. The number of aryl methyl sites for hydroxylation is 1. The first-order valence-electron chi connectivity index (χ1n) is 9.48. The molecule has 0 bridgehead atoms. The van der Waals surface area contributed by atoms with Crippen LogP contribution in [-0.4, -0.2) is 45.1 Å². The Balaban J connectivity index is 1.78. The number of alkyl halides is 3. The first-order chi connectivity index (χ1) is 13.7. The highest BCUT2D eigenvalue weighted by molar-refractivity contribution is 7.99. The Labute approximate surface area is 170 Å². The molecule has 158 valence electrons. The number of nitrogens with two attached hydrogens (primary N) is 1. The molecule has 1 aromatic heterocycles. The highest BCUT2D eigenvalue weighted by Gasteiger charge is 2.31. The highest BCUT2D eigenvalue weighted by Crippen LogP contribution is 2.33. The van der Waals surface area contributed by atoms with Gasteiger partial charge in [-0.15, -0.1) is 0 Å². The number of carbonyl (C=O) groups is 2. The van der Waals surface area contributed by atoms with E-state index in [9.17, 15) is 22.8 Å². The predicted octanol–water partition coefficient (Wildman–Crippen LogP) is 3.28. The Kier molecular flexibility index (Phi) is 6.40. The molecule has 3 rings (SSSR count). The molecule has 1 aliphatic rings. The van der Waals surface area contributed by atoms with Gasteiger partial charge in [-0.05, 0) is 37.5 Å². The van der Waals surface area contributed by atoms with Gasteiger partial charge in [-0.1, -0.05) is 18.7 Å². The first-order valence-corrected chi connectivity index (χ1v) is 10.5. The van der Waals surface area contributed by atoms with E-state index in [1.54, 1.807) is 9.47 Å². The molecule has 0 spiro atoms. The molecule has 1 fully saturated rings. The summed E-state index contributed by atoms with van der Waals surface area (Å²) >= 11 is 1.20. The number of primary amides is 1. The van der Waals surface area contributed by atoms with Crippen molar-refractivity contribution >= 4 is 34.6 Å². The fraction of sp³-hybridized carbons (Fsp3) is 0.526. The standard InChI is InChI=1S/C19H23F3N4O2S/c1-2-7-26-15-9-13(19(20,21)22)5-6-14(15)24-18(26)29-11-16(27)25-8-3-4-12(10-25)17(23)28/h5-6,9,12H,2-4,7-8,10-11H2,1H3,(H2,23,28). The molecule has 0 aliphatic carbocycles. The van der Waals surface area contributed by atoms with Crippen molar-refractivity contribution in [3.63, 3.8) is 0 Å². The number of hydrogen-bond donors (Lipinski definition) is 1. The van der Waals surface area contributed by atoms with E-state index in [1.807, 2.05) is 6.92 Å². The van der Waals surface area contributed by atoms with E-state index in [0.29, 0.717) is 42.2 Å². The van der Waals surface area contributed by atoms with Gasteiger partial charge in [0.2, 0.25) is 11.8 Å². The molecule has 1 atom stereocenters. The monoisotopic (exact) mass is 428 g/mol. The molecule has 1 aliphatic heterocycles. The Hall–Kier alpha value is -2.23. The van der Waals surface area contributed by atoms with Gasteiger partial charge in [-0.25, -0.2) is 4.98 Å². The van der Waals surface area contributed by atoms with E-state index < -0.39 is 17.6 Å². The van der Waals surface area contributed by atoms with Gasteiger partial charge in [0.15, 0.2) is 5.16 Å². The van der Waals surface area contributed by atoms with Crippen molar-refractivity contribution in [1.29, 1.82) is 0 Å². The first kappa shape index (κ1) is 21.5. The highest BCUT2D eigenvalue weighted by atomic mass is 32.2. The lowest BCUT2D eigenvalue weighted by Crippen LogP contribution is -2.44. The van der Waals surface area contributed by atoms with Crippen molar-refractivity contribution in [3.8, 4) is 0 Å². The zero-order valence-electron chi connectivity index (χ0n) is 16.0. The maximum absolute atomic E-state index is 13.1. The third-order valence-electron chi connectivity index (χ3n) is 4.99. The SMILES string of the molecule is CCCn1c(SCC(=O)N2CCCC(C(N)=O)C2)nc2ccc(C(F)(F)F)cc21. The van der Waals surface area contributed by atoms with Crippen LogP contribution in [0.5, 0.6) is 0 Å². The number of rotatable bonds is 6. The molecule has 1 unspecified atom stereocenters. The minimum atomic E-state index is -4.43. The van der Waals surface area contributed by atoms with Gasteiger partial charge in [0, 0.05) is 19.6 Å². The fourth-order valence-electron chi connectivity index (χ4n) is 3.48. The zero-order chi connectivity index (χ0) is 21.2. The number of thioether (sulfide) groups is 1. The van der Waals surface area contributed by atoms with Crippen LogP contribution in [0.3, 0.4) is 0 Å². The average Bonchev–Trinajstić information content (AvgIpc) is 3.02. The largest absolute Gasteiger partial charge is 0.416 e. The van der Waals surface area contributed by atoms with Crippen LogP contribution < -0.4 is 5.73 Å². The Morgan fingerprint density at radius 3 is 2.76 bits per heavy atom. The average molecular weight is 428 g/mol. The summed E-state index contributed by atoms with van der Waals surface area (Å²) in [7, 11) is 0. The lowest BCUT2D eigenvalue weighted by atomic mass is 9.97. The molecule has 2 N–H and O–H groups in total. The van der Waals surface area contributed by atoms with Crippen LogP contribution in [-0.2, 0) is 22.3 Å². The molecular weight excluding hydrogens is 405 g/mol.